The summed E-state index contributed by atoms with van der Waals surface area (Å²) >= 11 is 5.91. The molecule has 1 fully saturated rings. The summed E-state index contributed by atoms with van der Waals surface area (Å²) in [5.41, 5.74) is 1.16. The van der Waals surface area contributed by atoms with Crippen LogP contribution in [-0.2, 0) is 11.3 Å². The van der Waals surface area contributed by atoms with Crippen molar-refractivity contribution in [3.8, 4) is 5.75 Å². The number of methoxy groups -OCH3 is 1. The molecule has 0 aromatic heterocycles. The van der Waals surface area contributed by atoms with Crippen LogP contribution in [0.15, 0.2) is 18.2 Å². The van der Waals surface area contributed by atoms with E-state index in [0.29, 0.717) is 10.9 Å². The minimum Gasteiger partial charge on any atom is -0.506 e. The van der Waals surface area contributed by atoms with Crippen LogP contribution in [0.2, 0.25) is 5.02 Å². The Labute approximate surface area is 113 Å². The molecule has 1 aromatic rings. The van der Waals surface area contributed by atoms with Crippen LogP contribution in [0.3, 0.4) is 0 Å². The molecule has 2 rings (SSSR count). The van der Waals surface area contributed by atoms with Gasteiger partial charge in [-0.3, -0.25) is 4.90 Å². The molecule has 0 atom stereocenters. The molecule has 0 saturated carbocycles. The number of phenolic OH excluding ortho intramolecular Hbond substituents is 1. The summed E-state index contributed by atoms with van der Waals surface area (Å²) in [7, 11) is 1.77. The van der Waals surface area contributed by atoms with Crippen LogP contribution < -0.4 is 0 Å². The predicted molar refractivity (Wildman–Crippen MR) is 73.0 cm³/mol. The van der Waals surface area contributed by atoms with Gasteiger partial charge in [-0.1, -0.05) is 17.7 Å². The first kappa shape index (κ1) is 13.7. The first-order valence-corrected chi connectivity index (χ1v) is 6.75. The third kappa shape index (κ3) is 3.61. The highest BCUT2D eigenvalue weighted by atomic mass is 35.5. The second-order valence-electron chi connectivity index (χ2n) is 4.96. The molecule has 1 N–H and O–H groups in total. The quantitative estimate of drug-likeness (QED) is 0.912. The zero-order chi connectivity index (χ0) is 13.0. The molecule has 1 aromatic carbocycles. The smallest absolute Gasteiger partial charge is 0.134 e. The van der Waals surface area contributed by atoms with Crippen LogP contribution in [0.4, 0.5) is 0 Å². The molecule has 1 aliphatic rings. The molecule has 1 heterocycles. The third-order valence-electron chi connectivity index (χ3n) is 3.53. The predicted octanol–water partition coefficient (Wildman–Crippen LogP) is 2.90. The van der Waals surface area contributed by atoms with Crippen LogP contribution in [0.1, 0.15) is 18.4 Å². The van der Waals surface area contributed by atoms with E-state index in [2.05, 4.69) is 4.90 Å². The first-order chi connectivity index (χ1) is 8.69. The van der Waals surface area contributed by atoms with Gasteiger partial charge in [-0.15, -0.1) is 0 Å². The molecule has 0 unspecified atom stereocenters. The molecule has 0 aliphatic carbocycles. The second-order valence-corrected chi connectivity index (χ2v) is 5.37. The van der Waals surface area contributed by atoms with Gasteiger partial charge in [0, 0.05) is 20.3 Å². The lowest BCUT2D eigenvalue weighted by Gasteiger charge is -2.31. The minimum atomic E-state index is 0.152. The maximum Gasteiger partial charge on any atom is 0.134 e. The molecule has 0 spiro atoms. The highest BCUT2D eigenvalue weighted by Crippen LogP contribution is 2.25. The number of hydrogen-bond donors (Lipinski definition) is 1. The molecule has 0 radical (unpaired) electrons. The first-order valence-electron chi connectivity index (χ1n) is 6.37. The lowest BCUT2D eigenvalue weighted by atomic mass is 9.97. The summed E-state index contributed by atoms with van der Waals surface area (Å²) < 4.78 is 5.20. The van der Waals surface area contributed by atoms with Gasteiger partial charge in [0.05, 0.1) is 5.02 Å². The highest BCUT2D eigenvalue weighted by Gasteiger charge is 2.19. The van der Waals surface area contributed by atoms with Gasteiger partial charge in [0.2, 0.25) is 0 Å². The van der Waals surface area contributed by atoms with Crippen LogP contribution >= 0.6 is 11.6 Å². The van der Waals surface area contributed by atoms with Gasteiger partial charge in [-0.25, -0.2) is 0 Å². The van der Waals surface area contributed by atoms with Gasteiger partial charge in [0.15, 0.2) is 0 Å². The van der Waals surface area contributed by atoms with Crippen LogP contribution in [0.5, 0.6) is 5.75 Å². The Hall–Kier alpha value is -0.770. The molecule has 0 amide bonds. The minimum absolute atomic E-state index is 0.152. The molecule has 4 heteroatoms. The fourth-order valence-corrected chi connectivity index (χ4v) is 2.66. The van der Waals surface area contributed by atoms with Gasteiger partial charge >= 0.3 is 0 Å². The second kappa shape index (κ2) is 6.41. The Kier molecular flexibility index (Phi) is 4.87. The van der Waals surface area contributed by atoms with Crippen molar-refractivity contribution in [3.63, 3.8) is 0 Å². The van der Waals surface area contributed by atoms with E-state index in [-0.39, 0.29) is 5.75 Å². The van der Waals surface area contributed by atoms with Crippen LogP contribution in [-0.4, -0.2) is 36.8 Å². The SMILES string of the molecule is COCC1CCN(Cc2ccc(O)c(Cl)c2)CC1. The number of halogens is 1. The number of hydrogen-bond acceptors (Lipinski definition) is 3. The number of nitrogens with zero attached hydrogens (tertiary/aromatic N) is 1. The number of likely N-dealkylation sites (tertiary alicyclic amines) is 1. The average Bonchev–Trinajstić information content (AvgIpc) is 2.37. The Morgan fingerprint density at radius 1 is 1.39 bits per heavy atom. The van der Waals surface area contributed by atoms with Crippen LogP contribution in [0, 0.1) is 5.92 Å². The average molecular weight is 270 g/mol. The molecule has 0 bridgehead atoms. The van der Waals surface area contributed by atoms with Crippen molar-refractivity contribution in [3.05, 3.63) is 28.8 Å². The van der Waals surface area contributed by atoms with E-state index in [0.717, 1.165) is 31.8 Å². The fraction of sp³-hybridized carbons (Fsp3) is 0.571. The molecule has 100 valence electrons. The van der Waals surface area contributed by atoms with Crippen molar-refractivity contribution in [1.29, 1.82) is 0 Å². The summed E-state index contributed by atoms with van der Waals surface area (Å²) in [5, 5.41) is 9.82. The van der Waals surface area contributed by atoms with Crippen molar-refractivity contribution >= 4 is 11.6 Å². The van der Waals surface area contributed by atoms with Crippen molar-refractivity contribution < 1.29 is 9.84 Å². The molecular formula is C14H20ClNO2. The number of piperidine rings is 1. The lowest BCUT2D eigenvalue weighted by molar-refractivity contribution is 0.0968. The van der Waals surface area contributed by atoms with Crippen molar-refractivity contribution in [1.82, 2.24) is 4.90 Å². The van der Waals surface area contributed by atoms with Crippen molar-refractivity contribution in [2.75, 3.05) is 26.8 Å². The molecule has 1 aliphatic heterocycles. The summed E-state index contributed by atoms with van der Waals surface area (Å²) in [6.07, 6.45) is 2.39. The Morgan fingerprint density at radius 3 is 2.72 bits per heavy atom. The number of phenols is 1. The molecule has 18 heavy (non-hydrogen) atoms. The largest absolute Gasteiger partial charge is 0.506 e. The van der Waals surface area contributed by atoms with E-state index in [4.69, 9.17) is 16.3 Å². The Balaban J connectivity index is 1.85. The summed E-state index contributed by atoms with van der Waals surface area (Å²) in [6, 6.07) is 5.44. The van der Waals surface area contributed by atoms with Gasteiger partial charge < -0.3 is 9.84 Å². The zero-order valence-electron chi connectivity index (χ0n) is 10.7. The molecular weight excluding hydrogens is 250 g/mol. The van der Waals surface area contributed by atoms with E-state index in [1.165, 1.54) is 12.8 Å². The lowest BCUT2D eigenvalue weighted by Crippen LogP contribution is -2.34. The summed E-state index contributed by atoms with van der Waals surface area (Å²) in [4.78, 5) is 2.43. The molecule has 1 saturated heterocycles. The van der Waals surface area contributed by atoms with Gasteiger partial charge in [0.25, 0.3) is 0 Å². The molecule has 3 nitrogen and oxygen atoms in total. The monoisotopic (exact) mass is 269 g/mol. The van der Waals surface area contributed by atoms with Gasteiger partial charge in [-0.2, -0.15) is 0 Å². The maximum absolute atomic E-state index is 9.38. The van der Waals surface area contributed by atoms with Gasteiger partial charge in [0.1, 0.15) is 5.75 Å². The zero-order valence-corrected chi connectivity index (χ0v) is 11.5. The fourth-order valence-electron chi connectivity index (χ4n) is 2.45. The van der Waals surface area contributed by atoms with Crippen molar-refractivity contribution in [2.45, 2.75) is 19.4 Å². The van der Waals surface area contributed by atoms with E-state index < -0.39 is 0 Å². The van der Waals surface area contributed by atoms with Crippen LogP contribution in [0.25, 0.3) is 0 Å². The highest BCUT2D eigenvalue weighted by molar-refractivity contribution is 6.32. The van der Waals surface area contributed by atoms with E-state index in [1.807, 2.05) is 12.1 Å². The normalized spacial score (nSPS) is 18.1. The van der Waals surface area contributed by atoms with E-state index in [9.17, 15) is 5.11 Å². The third-order valence-corrected chi connectivity index (χ3v) is 3.83. The summed E-state index contributed by atoms with van der Waals surface area (Å²) in [5.74, 6) is 0.855. The number of rotatable bonds is 4. The number of ether oxygens (including phenoxy) is 1. The van der Waals surface area contributed by atoms with Gasteiger partial charge in [-0.05, 0) is 49.5 Å². The Morgan fingerprint density at radius 2 is 2.11 bits per heavy atom. The van der Waals surface area contributed by atoms with E-state index >= 15 is 0 Å². The van der Waals surface area contributed by atoms with E-state index in [1.54, 1.807) is 13.2 Å². The summed E-state index contributed by atoms with van der Waals surface area (Å²) in [6.45, 7) is 3.98. The number of benzene rings is 1. The number of aromatic hydroxyl groups is 1. The Bertz CT molecular complexity index is 389. The topological polar surface area (TPSA) is 32.7 Å². The van der Waals surface area contributed by atoms with Crippen molar-refractivity contribution in [2.24, 2.45) is 5.92 Å². The standard InChI is InChI=1S/C14H20ClNO2/c1-18-10-11-4-6-16(7-5-11)9-12-2-3-14(17)13(15)8-12/h2-3,8,11,17H,4-7,9-10H2,1H3. The maximum atomic E-state index is 9.38.